The predicted octanol–water partition coefficient (Wildman–Crippen LogP) is -0.215. The molecule has 128 valence electrons. The minimum Gasteiger partial charge on any atom is -0.375 e. The van der Waals surface area contributed by atoms with Gasteiger partial charge in [-0.25, -0.2) is 4.98 Å². The minimum atomic E-state index is 0.155. The number of hydrogen-bond acceptors (Lipinski definition) is 5. The predicted molar refractivity (Wildman–Crippen MR) is 86.9 cm³/mol. The fourth-order valence-electron chi connectivity index (χ4n) is 3.19. The van der Waals surface area contributed by atoms with Gasteiger partial charge >= 0.3 is 0 Å². The number of carbonyl (C=O) groups excluding carboxylic acids is 1. The summed E-state index contributed by atoms with van der Waals surface area (Å²) in [6, 6.07) is 0. The second kappa shape index (κ2) is 7.42. The van der Waals surface area contributed by atoms with Crippen LogP contribution in [0.4, 0.5) is 0 Å². The second-order valence-electron chi connectivity index (χ2n) is 6.53. The molecule has 1 aromatic rings. The van der Waals surface area contributed by atoms with Crippen molar-refractivity contribution >= 4 is 5.91 Å². The number of ether oxygens (including phenoxy) is 1. The number of amides is 1. The highest BCUT2D eigenvalue weighted by atomic mass is 16.5. The molecule has 7 nitrogen and oxygen atoms in total. The minimum absolute atomic E-state index is 0.155. The first-order valence-corrected chi connectivity index (χ1v) is 8.42. The first kappa shape index (κ1) is 16.4. The number of carbonyl (C=O) groups is 1. The van der Waals surface area contributed by atoms with Gasteiger partial charge in [-0.1, -0.05) is 0 Å². The van der Waals surface area contributed by atoms with E-state index in [-0.39, 0.29) is 12.0 Å². The molecule has 7 heteroatoms. The molecule has 2 aliphatic heterocycles. The number of piperazine rings is 1. The van der Waals surface area contributed by atoms with Gasteiger partial charge in [-0.2, -0.15) is 0 Å². The number of hydrogen-bond donors (Lipinski definition) is 0. The highest BCUT2D eigenvalue weighted by molar-refractivity contribution is 5.78. The summed E-state index contributed by atoms with van der Waals surface area (Å²) in [4.78, 5) is 23.4. The van der Waals surface area contributed by atoms with Gasteiger partial charge in [0.1, 0.15) is 5.82 Å². The standard InChI is InChI=1S/C16H27N5O2/c1-14-11-21(9-10-23-14)16(22)13-20-7-5-19(6-8-20)12-15-17-3-4-18(15)2/h3-4,14H,5-13H2,1-2H3. The van der Waals surface area contributed by atoms with Crippen LogP contribution in [0.25, 0.3) is 0 Å². The average Bonchev–Trinajstić information content (AvgIpc) is 2.94. The fraction of sp³-hybridized carbons (Fsp3) is 0.750. The Bertz CT molecular complexity index is 524. The molecule has 3 rings (SSSR count). The van der Waals surface area contributed by atoms with Gasteiger partial charge < -0.3 is 14.2 Å². The molecule has 2 saturated heterocycles. The first-order valence-electron chi connectivity index (χ1n) is 8.42. The van der Waals surface area contributed by atoms with E-state index >= 15 is 0 Å². The van der Waals surface area contributed by atoms with Gasteiger partial charge in [-0.05, 0) is 6.92 Å². The van der Waals surface area contributed by atoms with Crippen LogP contribution in [0.5, 0.6) is 0 Å². The summed E-state index contributed by atoms with van der Waals surface area (Å²) >= 11 is 0. The van der Waals surface area contributed by atoms with Crippen LogP contribution in [0.1, 0.15) is 12.7 Å². The maximum Gasteiger partial charge on any atom is 0.236 e. The van der Waals surface area contributed by atoms with Crippen LogP contribution in [-0.4, -0.2) is 88.7 Å². The zero-order chi connectivity index (χ0) is 16.2. The van der Waals surface area contributed by atoms with Gasteiger partial charge in [0.25, 0.3) is 0 Å². The van der Waals surface area contributed by atoms with Crippen LogP contribution in [0.15, 0.2) is 12.4 Å². The third-order valence-corrected chi connectivity index (χ3v) is 4.70. The number of aryl methyl sites for hydroxylation is 1. The lowest BCUT2D eigenvalue weighted by atomic mass is 10.2. The Morgan fingerprint density at radius 3 is 2.65 bits per heavy atom. The second-order valence-corrected chi connectivity index (χ2v) is 6.53. The third-order valence-electron chi connectivity index (χ3n) is 4.70. The lowest BCUT2D eigenvalue weighted by Crippen LogP contribution is -2.52. The number of nitrogens with zero attached hydrogens (tertiary/aromatic N) is 5. The normalized spacial score (nSPS) is 24.1. The number of imidazole rings is 1. The molecule has 1 amide bonds. The van der Waals surface area contributed by atoms with Crippen molar-refractivity contribution < 1.29 is 9.53 Å². The van der Waals surface area contributed by atoms with Crippen molar-refractivity contribution in [1.82, 2.24) is 24.3 Å². The number of morpholine rings is 1. The molecule has 1 atom stereocenters. The van der Waals surface area contributed by atoms with Crippen molar-refractivity contribution in [1.29, 1.82) is 0 Å². The van der Waals surface area contributed by atoms with Crippen molar-refractivity contribution in [2.24, 2.45) is 7.05 Å². The van der Waals surface area contributed by atoms with Gasteiger partial charge in [0, 0.05) is 58.7 Å². The largest absolute Gasteiger partial charge is 0.375 e. The maximum atomic E-state index is 12.4. The Morgan fingerprint density at radius 1 is 1.26 bits per heavy atom. The van der Waals surface area contributed by atoms with E-state index in [0.29, 0.717) is 13.2 Å². The number of rotatable bonds is 4. The highest BCUT2D eigenvalue weighted by Crippen LogP contribution is 2.09. The van der Waals surface area contributed by atoms with Crippen molar-refractivity contribution in [2.45, 2.75) is 19.6 Å². The van der Waals surface area contributed by atoms with Gasteiger partial charge in [-0.15, -0.1) is 0 Å². The molecule has 0 spiro atoms. The van der Waals surface area contributed by atoms with E-state index < -0.39 is 0 Å². The van der Waals surface area contributed by atoms with Gasteiger partial charge in [0.2, 0.25) is 5.91 Å². The molecular weight excluding hydrogens is 294 g/mol. The van der Waals surface area contributed by atoms with Gasteiger partial charge in [-0.3, -0.25) is 14.6 Å². The van der Waals surface area contributed by atoms with E-state index in [1.54, 1.807) is 0 Å². The summed E-state index contributed by atoms with van der Waals surface area (Å²) in [5.41, 5.74) is 0. The molecule has 23 heavy (non-hydrogen) atoms. The summed E-state index contributed by atoms with van der Waals surface area (Å²) in [6.07, 6.45) is 3.98. The highest BCUT2D eigenvalue weighted by Gasteiger charge is 2.25. The quantitative estimate of drug-likeness (QED) is 0.768. The zero-order valence-corrected chi connectivity index (χ0v) is 14.1. The SMILES string of the molecule is CC1CN(C(=O)CN2CCN(Cc3nccn3C)CC2)CCO1. The molecule has 2 fully saturated rings. The summed E-state index contributed by atoms with van der Waals surface area (Å²) in [5, 5.41) is 0. The summed E-state index contributed by atoms with van der Waals surface area (Å²) in [7, 11) is 2.03. The van der Waals surface area contributed by atoms with Crippen molar-refractivity contribution in [3.63, 3.8) is 0 Å². The molecule has 0 saturated carbocycles. The molecule has 0 bridgehead atoms. The monoisotopic (exact) mass is 321 g/mol. The van der Waals surface area contributed by atoms with Crippen LogP contribution in [-0.2, 0) is 23.1 Å². The van der Waals surface area contributed by atoms with Crippen molar-refractivity contribution in [3.05, 3.63) is 18.2 Å². The van der Waals surface area contributed by atoms with E-state index in [9.17, 15) is 4.79 Å². The lowest BCUT2D eigenvalue weighted by Gasteiger charge is -2.36. The lowest BCUT2D eigenvalue weighted by molar-refractivity contribution is -0.139. The molecule has 1 aromatic heterocycles. The Hall–Kier alpha value is -1.44. The Labute approximate surface area is 137 Å². The van der Waals surface area contributed by atoms with E-state index in [0.717, 1.165) is 51.6 Å². The Balaban J connectivity index is 1.42. The third kappa shape index (κ3) is 4.31. The summed E-state index contributed by atoms with van der Waals surface area (Å²) in [6.45, 7) is 9.39. The van der Waals surface area contributed by atoms with Crippen LogP contribution in [0, 0.1) is 0 Å². The molecule has 3 heterocycles. The Morgan fingerprint density at radius 2 is 2.00 bits per heavy atom. The molecule has 0 aromatic carbocycles. The van der Waals surface area contributed by atoms with Gasteiger partial charge in [0.05, 0.1) is 25.8 Å². The van der Waals surface area contributed by atoms with Gasteiger partial charge in [0.15, 0.2) is 0 Å². The van der Waals surface area contributed by atoms with E-state index in [4.69, 9.17) is 4.74 Å². The fourth-order valence-corrected chi connectivity index (χ4v) is 3.19. The summed E-state index contributed by atoms with van der Waals surface area (Å²) in [5.74, 6) is 1.33. The zero-order valence-electron chi connectivity index (χ0n) is 14.1. The number of aromatic nitrogens is 2. The molecular formula is C16H27N5O2. The maximum absolute atomic E-state index is 12.4. The molecule has 0 N–H and O–H groups in total. The van der Waals surface area contributed by atoms with Crippen molar-refractivity contribution in [2.75, 3.05) is 52.4 Å². The van der Waals surface area contributed by atoms with Crippen LogP contribution in [0.2, 0.25) is 0 Å². The molecule has 0 aliphatic carbocycles. The molecule has 2 aliphatic rings. The van der Waals surface area contributed by atoms with Crippen LogP contribution in [0.3, 0.4) is 0 Å². The topological polar surface area (TPSA) is 53.8 Å². The first-order chi connectivity index (χ1) is 11.1. The smallest absolute Gasteiger partial charge is 0.236 e. The van der Waals surface area contributed by atoms with Crippen molar-refractivity contribution in [3.8, 4) is 0 Å². The summed E-state index contributed by atoms with van der Waals surface area (Å²) < 4.78 is 7.56. The molecule has 0 radical (unpaired) electrons. The van der Waals surface area contributed by atoms with E-state index in [2.05, 4.69) is 19.4 Å². The van der Waals surface area contributed by atoms with E-state index in [1.165, 1.54) is 0 Å². The Kier molecular flexibility index (Phi) is 5.30. The van der Waals surface area contributed by atoms with E-state index in [1.807, 2.05) is 31.3 Å². The van der Waals surface area contributed by atoms with Crippen LogP contribution >= 0.6 is 0 Å². The van der Waals surface area contributed by atoms with Crippen LogP contribution < -0.4 is 0 Å². The molecule has 1 unspecified atom stereocenters. The average molecular weight is 321 g/mol.